The molecule has 0 fully saturated rings. The Morgan fingerprint density at radius 1 is 1.16 bits per heavy atom. The number of aliphatic hydroxyl groups excluding tert-OH is 1. The Bertz CT molecular complexity index is 393. The Morgan fingerprint density at radius 2 is 1.63 bits per heavy atom. The molecule has 0 radical (unpaired) electrons. The number of aromatic hydroxyl groups is 1. The zero-order valence-electron chi connectivity index (χ0n) is 10.9. The van der Waals surface area contributed by atoms with Gasteiger partial charge in [-0.2, -0.15) is 0 Å². The van der Waals surface area contributed by atoms with E-state index in [4.69, 9.17) is 5.73 Å². The van der Waals surface area contributed by atoms with Gasteiger partial charge < -0.3 is 15.9 Å². The van der Waals surface area contributed by atoms with E-state index in [1.807, 2.05) is 0 Å². The van der Waals surface area contributed by atoms with Gasteiger partial charge in [0.2, 0.25) is 0 Å². The molecule has 0 aliphatic rings. The van der Waals surface area contributed by atoms with E-state index in [9.17, 15) is 10.2 Å². The SMILES string of the molecule is CC(C)CC[C@H](O)[C@H](N)c1cc(Br)c(O)c(Br)c1.Cl. The molecule has 3 nitrogen and oxygen atoms in total. The van der Waals surface area contributed by atoms with Gasteiger partial charge in [0, 0.05) is 0 Å². The van der Waals surface area contributed by atoms with Gasteiger partial charge in [0.15, 0.2) is 0 Å². The zero-order chi connectivity index (χ0) is 13.9. The minimum atomic E-state index is -0.573. The summed E-state index contributed by atoms with van der Waals surface area (Å²) < 4.78 is 1.14. The minimum absolute atomic E-state index is 0. The summed E-state index contributed by atoms with van der Waals surface area (Å²) in [7, 11) is 0. The Labute approximate surface area is 137 Å². The van der Waals surface area contributed by atoms with Gasteiger partial charge in [-0.25, -0.2) is 0 Å². The van der Waals surface area contributed by atoms with Crippen LogP contribution in [0.15, 0.2) is 21.1 Å². The molecule has 0 aliphatic heterocycles. The van der Waals surface area contributed by atoms with Crippen molar-refractivity contribution in [2.75, 3.05) is 0 Å². The molecule has 110 valence electrons. The lowest BCUT2D eigenvalue weighted by Crippen LogP contribution is -2.26. The van der Waals surface area contributed by atoms with E-state index in [1.54, 1.807) is 12.1 Å². The largest absolute Gasteiger partial charge is 0.506 e. The monoisotopic (exact) mass is 415 g/mol. The first-order valence-corrected chi connectivity index (χ1v) is 7.53. The van der Waals surface area contributed by atoms with Gasteiger partial charge in [0.1, 0.15) is 5.75 Å². The van der Waals surface area contributed by atoms with E-state index in [0.29, 0.717) is 21.3 Å². The first kappa shape index (κ1) is 19.2. The summed E-state index contributed by atoms with van der Waals surface area (Å²) in [4.78, 5) is 0. The number of hydrogen-bond donors (Lipinski definition) is 3. The van der Waals surface area contributed by atoms with Gasteiger partial charge in [-0.3, -0.25) is 0 Å². The predicted molar refractivity (Wildman–Crippen MR) is 87.8 cm³/mol. The molecule has 1 rings (SSSR count). The summed E-state index contributed by atoms with van der Waals surface area (Å²) in [6, 6.07) is 3.03. The van der Waals surface area contributed by atoms with Crippen molar-refractivity contribution in [2.45, 2.75) is 38.8 Å². The lowest BCUT2D eigenvalue weighted by Gasteiger charge is -2.21. The number of rotatable bonds is 5. The van der Waals surface area contributed by atoms with Crippen LogP contribution in [0, 0.1) is 5.92 Å². The summed E-state index contributed by atoms with van der Waals surface area (Å²) in [6.45, 7) is 4.23. The molecule has 0 unspecified atom stereocenters. The van der Waals surface area contributed by atoms with Gasteiger partial charge in [0.25, 0.3) is 0 Å². The highest BCUT2D eigenvalue weighted by Crippen LogP contribution is 2.35. The second-order valence-electron chi connectivity index (χ2n) is 4.90. The third-order valence-electron chi connectivity index (χ3n) is 2.88. The highest BCUT2D eigenvalue weighted by Gasteiger charge is 2.19. The van der Waals surface area contributed by atoms with Crippen LogP contribution in [-0.4, -0.2) is 16.3 Å². The molecule has 2 atom stereocenters. The summed E-state index contributed by atoms with van der Waals surface area (Å²) >= 11 is 6.52. The second kappa shape index (κ2) is 8.47. The third kappa shape index (κ3) is 5.60. The molecule has 19 heavy (non-hydrogen) atoms. The highest BCUT2D eigenvalue weighted by atomic mass is 79.9. The van der Waals surface area contributed by atoms with Gasteiger partial charge in [-0.05, 0) is 68.3 Å². The summed E-state index contributed by atoms with van der Waals surface area (Å²) in [5.41, 5.74) is 6.83. The van der Waals surface area contributed by atoms with E-state index in [0.717, 1.165) is 12.0 Å². The molecule has 0 amide bonds. The van der Waals surface area contributed by atoms with Crippen LogP contribution >= 0.6 is 44.3 Å². The Kier molecular flexibility index (Phi) is 8.56. The van der Waals surface area contributed by atoms with Crippen molar-refractivity contribution >= 4 is 44.3 Å². The van der Waals surface area contributed by atoms with Crippen molar-refractivity contribution in [3.63, 3.8) is 0 Å². The van der Waals surface area contributed by atoms with Crippen molar-refractivity contribution in [3.8, 4) is 5.75 Å². The van der Waals surface area contributed by atoms with E-state index in [-0.39, 0.29) is 18.2 Å². The molecule has 1 aromatic carbocycles. The number of halogens is 3. The molecule has 0 heterocycles. The molecular weight excluding hydrogens is 397 g/mol. The van der Waals surface area contributed by atoms with Crippen molar-refractivity contribution in [1.29, 1.82) is 0 Å². The van der Waals surface area contributed by atoms with Crippen LogP contribution in [0.2, 0.25) is 0 Å². The smallest absolute Gasteiger partial charge is 0.143 e. The molecule has 0 saturated heterocycles. The van der Waals surface area contributed by atoms with Crippen LogP contribution < -0.4 is 5.73 Å². The fraction of sp³-hybridized carbons (Fsp3) is 0.538. The maximum Gasteiger partial charge on any atom is 0.143 e. The van der Waals surface area contributed by atoms with Crippen molar-refractivity contribution in [1.82, 2.24) is 0 Å². The van der Waals surface area contributed by atoms with Gasteiger partial charge in [-0.1, -0.05) is 13.8 Å². The third-order valence-corrected chi connectivity index (χ3v) is 4.09. The number of hydrogen-bond acceptors (Lipinski definition) is 3. The Morgan fingerprint density at radius 3 is 2.05 bits per heavy atom. The van der Waals surface area contributed by atoms with Crippen LogP contribution in [0.3, 0.4) is 0 Å². The van der Waals surface area contributed by atoms with E-state index >= 15 is 0 Å². The number of phenols is 1. The lowest BCUT2D eigenvalue weighted by molar-refractivity contribution is 0.128. The van der Waals surface area contributed by atoms with Crippen LogP contribution in [0.25, 0.3) is 0 Å². The molecular formula is C13H20Br2ClNO2. The molecule has 0 aromatic heterocycles. The maximum absolute atomic E-state index is 10.1. The Balaban J connectivity index is 0.00000324. The quantitative estimate of drug-likeness (QED) is 0.675. The first-order chi connectivity index (χ1) is 8.32. The average molecular weight is 418 g/mol. The number of aliphatic hydroxyl groups is 1. The van der Waals surface area contributed by atoms with E-state index in [2.05, 4.69) is 45.7 Å². The minimum Gasteiger partial charge on any atom is -0.506 e. The molecule has 0 spiro atoms. The normalized spacial score (nSPS) is 14.1. The summed E-state index contributed by atoms with van der Waals surface area (Å²) in [5, 5.41) is 19.7. The Hall–Kier alpha value is 0.190. The molecule has 0 saturated carbocycles. The number of nitrogens with two attached hydrogens (primary N) is 1. The van der Waals surface area contributed by atoms with Crippen molar-refractivity contribution in [3.05, 3.63) is 26.6 Å². The van der Waals surface area contributed by atoms with Gasteiger partial charge >= 0.3 is 0 Å². The summed E-state index contributed by atoms with van der Waals surface area (Å²) in [6.07, 6.45) is 1.04. The number of benzene rings is 1. The lowest BCUT2D eigenvalue weighted by atomic mass is 9.96. The van der Waals surface area contributed by atoms with Gasteiger partial charge in [0.05, 0.1) is 21.1 Å². The van der Waals surface area contributed by atoms with Crippen molar-refractivity contribution < 1.29 is 10.2 Å². The maximum atomic E-state index is 10.1. The van der Waals surface area contributed by atoms with Crippen LogP contribution in [0.4, 0.5) is 0 Å². The number of phenolic OH excluding ortho intramolecular Hbond substituents is 1. The van der Waals surface area contributed by atoms with Crippen LogP contribution in [-0.2, 0) is 0 Å². The standard InChI is InChI=1S/C13H19Br2NO2.ClH/c1-7(2)3-4-11(17)12(16)8-5-9(14)13(18)10(15)6-8;/h5-7,11-12,17-18H,3-4,16H2,1-2H3;1H/t11-,12+;/m0./s1. The highest BCUT2D eigenvalue weighted by molar-refractivity contribution is 9.11. The summed E-state index contributed by atoms with van der Waals surface area (Å²) in [5.74, 6) is 0.688. The fourth-order valence-electron chi connectivity index (χ4n) is 1.68. The fourth-order valence-corrected chi connectivity index (χ4v) is 2.91. The molecule has 0 aliphatic carbocycles. The first-order valence-electron chi connectivity index (χ1n) is 5.94. The second-order valence-corrected chi connectivity index (χ2v) is 6.61. The zero-order valence-corrected chi connectivity index (χ0v) is 14.9. The van der Waals surface area contributed by atoms with E-state index in [1.165, 1.54) is 0 Å². The average Bonchev–Trinajstić information content (AvgIpc) is 2.31. The van der Waals surface area contributed by atoms with Gasteiger partial charge in [-0.15, -0.1) is 12.4 Å². The molecule has 6 heteroatoms. The van der Waals surface area contributed by atoms with E-state index < -0.39 is 12.1 Å². The predicted octanol–water partition coefficient (Wildman–Crippen LogP) is 4.14. The van der Waals surface area contributed by atoms with Crippen LogP contribution in [0.1, 0.15) is 38.3 Å². The molecule has 4 N–H and O–H groups in total. The van der Waals surface area contributed by atoms with Crippen molar-refractivity contribution in [2.24, 2.45) is 11.7 Å². The molecule has 0 bridgehead atoms. The van der Waals surface area contributed by atoms with Crippen LogP contribution in [0.5, 0.6) is 5.75 Å². The topological polar surface area (TPSA) is 66.5 Å². The molecule has 1 aromatic rings.